The van der Waals surface area contributed by atoms with Crippen LogP contribution in [0.15, 0.2) is 29.3 Å². The molecule has 1 aromatic rings. The lowest BCUT2D eigenvalue weighted by molar-refractivity contribution is 0.231. The van der Waals surface area contributed by atoms with Crippen LogP contribution in [0, 0.1) is 12.8 Å². The molecule has 26 heavy (non-hydrogen) atoms. The van der Waals surface area contributed by atoms with Crippen molar-refractivity contribution in [1.29, 1.82) is 0 Å². The summed E-state index contributed by atoms with van der Waals surface area (Å²) < 4.78 is 0. The first-order chi connectivity index (χ1) is 12.6. The van der Waals surface area contributed by atoms with Gasteiger partial charge in [0.15, 0.2) is 0 Å². The topological polar surface area (TPSA) is 18.8 Å². The van der Waals surface area contributed by atoms with Gasteiger partial charge < -0.3 is 9.80 Å². The normalized spacial score (nSPS) is 20.2. The van der Waals surface area contributed by atoms with E-state index in [4.69, 9.17) is 4.99 Å². The fourth-order valence-electron chi connectivity index (χ4n) is 4.64. The minimum atomic E-state index is 0.641. The fourth-order valence-corrected chi connectivity index (χ4v) is 4.64. The average molecular weight is 356 g/mol. The predicted octanol–water partition coefficient (Wildman–Crippen LogP) is 5.76. The van der Waals surface area contributed by atoms with Gasteiger partial charge in [-0.15, -0.1) is 0 Å². The Morgan fingerprint density at radius 1 is 0.885 bits per heavy atom. The van der Waals surface area contributed by atoms with Crippen molar-refractivity contribution in [1.82, 2.24) is 9.80 Å². The van der Waals surface area contributed by atoms with E-state index in [1.165, 1.54) is 69.8 Å². The molecule has 0 spiro atoms. The number of aliphatic imine (C=N–C) groups is 1. The van der Waals surface area contributed by atoms with Crippen molar-refractivity contribution in [3.8, 4) is 0 Å². The molecule has 3 rings (SSSR count). The Morgan fingerprint density at radius 3 is 2.08 bits per heavy atom. The van der Waals surface area contributed by atoms with Gasteiger partial charge in [0, 0.05) is 26.7 Å². The van der Waals surface area contributed by atoms with Crippen molar-refractivity contribution in [3.05, 3.63) is 29.8 Å². The van der Waals surface area contributed by atoms with Crippen LogP contribution < -0.4 is 0 Å². The van der Waals surface area contributed by atoms with Crippen LogP contribution in [0.1, 0.15) is 69.8 Å². The number of hydrogen-bond donors (Lipinski definition) is 0. The summed E-state index contributed by atoms with van der Waals surface area (Å²) in [6, 6.07) is 9.27. The van der Waals surface area contributed by atoms with Gasteiger partial charge in [-0.1, -0.05) is 56.2 Å². The minimum absolute atomic E-state index is 0.641. The molecule has 2 aliphatic carbocycles. The van der Waals surface area contributed by atoms with Gasteiger partial charge in [-0.05, 0) is 50.7 Å². The molecule has 3 nitrogen and oxygen atoms in total. The van der Waals surface area contributed by atoms with Gasteiger partial charge in [-0.3, -0.25) is 0 Å². The molecule has 1 aromatic carbocycles. The first-order valence-corrected chi connectivity index (χ1v) is 10.7. The number of nitrogens with zero attached hydrogens (tertiary/aromatic N) is 3. The number of aryl methyl sites for hydroxylation is 1. The third-order valence-corrected chi connectivity index (χ3v) is 6.30. The van der Waals surface area contributed by atoms with Crippen LogP contribution in [-0.2, 0) is 0 Å². The molecule has 2 saturated carbocycles. The monoisotopic (exact) mass is 355 g/mol. The molecule has 0 aromatic heterocycles. The van der Waals surface area contributed by atoms with E-state index in [9.17, 15) is 0 Å². The molecule has 0 bridgehead atoms. The van der Waals surface area contributed by atoms with Gasteiger partial charge in [0.1, 0.15) is 0 Å². The largest absolute Gasteiger partial charge is 0.345 e. The zero-order chi connectivity index (χ0) is 18.4. The highest BCUT2D eigenvalue weighted by molar-refractivity contribution is 5.82. The number of rotatable bonds is 4. The van der Waals surface area contributed by atoms with Crippen LogP contribution >= 0.6 is 0 Å². The maximum Gasteiger partial charge on any atom is 0.201 e. The molecular formula is C23H37N3. The van der Waals surface area contributed by atoms with Crippen molar-refractivity contribution in [2.75, 3.05) is 20.6 Å². The van der Waals surface area contributed by atoms with Gasteiger partial charge >= 0.3 is 0 Å². The van der Waals surface area contributed by atoms with Crippen LogP contribution in [0.3, 0.4) is 0 Å². The van der Waals surface area contributed by atoms with E-state index in [2.05, 4.69) is 55.1 Å². The van der Waals surface area contributed by atoms with E-state index < -0.39 is 0 Å². The summed E-state index contributed by atoms with van der Waals surface area (Å²) >= 11 is 0. The summed E-state index contributed by atoms with van der Waals surface area (Å²) in [7, 11) is 4.52. The zero-order valence-electron chi connectivity index (χ0n) is 17.1. The molecule has 0 amide bonds. The molecule has 0 saturated heterocycles. The maximum absolute atomic E-state index is 5.11. The summed E-state index contributed by atoms with van der Waals surface area (Å²) in [5.41, 5.74) is 2.37. The highest BCUT2D eigenvalue weighted by Gasteiger charge is 2.25. The molecule has 0 radical (unpaired) electrons. The Kier molecular flexibility index (Phi) is 6.99. The zero-order valence-corrected chi connectivity index (χ0v) is 17.1. The smallest absolute Gasteiger partial charge is 0.201 e. The first-order valence-electron chi connectivity index (χ1n) is 10.7. The van der Waals surface area contributed by atoms with Crippen LogP contribution in [0.5, 0.6) is 0 Å². The molecule has 3 heteroatoms. The molecule has 0 heterocycles. The summed E-state index contributed by atoms with van der Waals surface area (Å²) in [5.74, 6) is 1.99. The summed E-state index contributed by atoms with van der Waals surface area (Å²) in [6.45, 7) is 3.28. The van der Waals surface area contributed by atoms with Crippen molar-refractivity contribution < 1.29 is 0 Å². The Morgan fingerprint density at radius 2 is 1.46 bits per heavy atom. The number of benzene rings is 1. The second-order valence-corrected chi connectivity index (χ2v) is 8.53. The summed E-state index contributed by atoms with van der Waals surface area (Å²) in [5, 5.41) is 0. The third-order valence-electron chi connectivity index (χ3n) is 6.30. The third kappa shape index (κ3) is 5.25. The molecular weight excluding hydrogens is 318 g/mol. The number of hydrogen-bond acceptors (Lipinski definition) is 1. The van der Waals surface area contributed by atoms with Gasteiger partial charge in [-0.2, -0.15) is 0 Å². The Bertz CT molecular complexity index is 566. The standard InChI is InChI=1S/C23H37N3/c1-19-14-16-21(17-15-19)24-23(26(3)22-12-8-5-9-13-22)25(2)18-20-10-6-4-7-11-20/h14-17,20,22H,4-13,18H2,1-3H3. The second kappa shape index (κ2) is 9.43. The van der Waals surface area contributed by atoms with Gasteiger partial charge in [0.25, 0.3) is 0 Å². The van der Waals surface area contributed by atoms with E-state index in [0.29, 0.717) is 6.04 Å². The SMILES string of the molecule is Cc1ccc(N=C(N(C)CC2CCCCC2)N(C)C2CCCCC2)cc1. The Labute approximate surface area is 160 Å². The molecule has 0 aliphatic heterocycles. The lowest BCUT2D eigenvalue weighted by Crippen LogP contribution is -2.47. The van der Waals surface area contributed by atoms with Crippen LogP contribution in [-0.4, -0.2) is 42.4 Å². The average Bonchev–Trinajstić information content (AvgIpc) is 2.68. The quantitative estimate of drug-likeness (QED) is 0.505. The van der Waals surface area contributed by atoms with Gasteiger partial charge in [0.05, 0.1) is 5.69 Å². The fraction of sp³-hybridized carbons (Fsp3) is 0.696. The van der Waals surface area contributed by atoms with Crippen molar-refractivity contribution in [2.24, 2.45) is 10.9 Å². The molecule has 0 atom stereocenters. The summed E-state index contributed by atoms with van der Waals surface area (Å²) in [4.78, 5) is 10.0. The predicted molar refractivity (Wildman–Crippen MR) is 112 cm³/mol. The number of guanidine groups is 1. The second-order valence-electron chi connectivity index (χ2n) is 8.53. The Hall–Kier alpha value is -1.51. The van der Waals surface area contributed by atoms with Crippen molar-refractivity contribution >= 4 is 11.6 Å². The molecule has 0 unspecified atom stereocenters. The van der Waals surface area contributed by atoms with E-state index in [0.717, 1.165) is 24.1 Å². The summed E-state index contributed by atoms with van der Waals surface area (Å²) in [6.07, 6.45) is 13.7. The van der Waals surface area contributed by atoms with Crippen LogP contribution in [0.25, 0.3) is 0 Å². The lowest BCUT2D eigenvalue weighted by Gasteiger charge is -2.38. The van der Waals surface area contributed by atoms with E-state index in [-0.39, 0.29) is 0 Å². The van der Waals surface area contributed by atoms with Gasteiger partial charge in [-0.25, -0.2) is 4.99 Å². The van der Waals surface area contributed by atoms with Crippen LogP contribution in [0.2, 0.25) is 0 Å². The minimum Gasteiger partial charge on any atom is -0.345 e. The van der Waals surface area contributed by atoms with E-state index >= 15 is 0 Å². The molecule has 2 aliphatic rings. The van der Waals surface area contributed by atoms with Gasteiger partial charge in [0.2, 0.25) is 5.96 Å². The highest BCUT2D eigenvalue weighted by atomic mass is 15.4. The van der Waals surface area contributed by atoms with Crippen LogP contribution in [0.4, 0.5) is 5.69 Å². The molecule has 2 fully saturated rings. The Balaban J connectivity index is 1.78. The van der Waals surface area contributed by atoms with Crippen molar-refractivity contribution in [2.45, 2.75) is 77.2 Å². The van der Waals surface area contributed by atoms with Crippen molar-refractivity contribution in [3.63, 3.8) is 0 Å². The maximum atomic E-state index is 5.11. The highest BCUT2D eigenvalue weighted by Crippen LogP contribution is 2.27. The van der Waals surface area contributed by atoms with E-state index in [1.54, 1.807) is 0 Å². The molecule has 0 N–H and O–H groups in total. The van der Waals surface area contributed by atoms with E-state index in [1.807, 2.05) is 0 Å². The lowest BCUT2D eigenvalue weighted by atomic mass is 9.89. The first kappa shape index (κ1) is 19.3. The molecule has 144 valence electrons.